The highest BCUT2D eigenvalue weighted by Crippen LogP contribution is 2.66. The number of aliphatic hydroxyl groups excluding tert-OH is 2. The fourth-order valence-electron chi connectivity index (χ4n) is 3.69. The number of oxazole rings is 1. The Morgan fingerprint density at radius 2 is 1.61 bits per heavy atom. The van der Waals surface area contributed by atoms with Crippen LogP contribution in [0.2, 0.25) is 0 Å². The number of ether oxygens (including phenoxy) is 1. The molecule has 2 aromatic heterocycles. The number of hydrogen-bond donors (Lipinski definition) is 6. The Kier molecular flexibility index (Phi) is 9.13. The minimum absolute atomic E-state index is 0.141. The van der Waals surface area contributed by atoms with Crippen LogP contribution in [-0.2, 0) is 38.1 Å². The number of nitrogens with zero attached hydrogens (tertiary/aromatic N) is 3. The van der Waals surface area contributed by atoms with Gasteiger partial charge in [0.05, 0.1) is 19.3 Å². The molecule has 1 fully saturated rings. The molecule has 0 spiro atoms. The van der Waals surface area contributed by atoms with Gasteiger partial charge in [0.15, 0.2) is 6.23 Å². The second-order valence-electron chi connectivity index (χ2n) is 8.36. The average Bonchev–Trinajstić information content (AvgIpc) is 3.44. The van der Waals surface area contributed by atoms with Gasteiger partial charge in [-0.25, -0.2) is 23.5 Å². The molecule has 19 nitrogen and oxygen atoms in total. The second kappa shape index (κ2) is 11.9. The lowest BCUT2D eigenvalue weighted by molar-refractivity contribution is -0.0547. The van der Waals surface area contributed by atoms with Gasteiger partial charge in [0.1, 0.15) is 24.1 Å². The molecule has 224 valence electrons. The van der Waals surface area contributed by atoms with E-state index in [4.69, 9.17) is 18.9 Å². The molecule has 6 N–H and O–H groups in total. The normalized spacial score (nSPS) is 24.1. The van der Waals surface area contributed by atoms with Crippen molar-refractivity contribution >= 4 is 23.5 Å². The van der Waals surface area contributed by atoms with Gasteiger partial charge in [0, 0.05) is 17.8 Å². The van der Waals surface area contributed by atoms with Crippen LogP contribution >= 0.6 is 23.5 Å². The summed E-state index contributed by atoms with van der Waals surface area (Å²) in [6.45, 7) is -1.45. The van der Waals surface area contributed by atoms with Gasteiger partial charge < -0.3 is 38.9 Å². The average molecular weight is 641 g/mol. The van der Waals surface area contributed by atoms with Crippen molar-refractivity contribution in [1.82, 2.24) is 14.1 Å². The zero-order chi connectivity index (χ0) is 30.2. The van der Waals surface area contributed by atoms with E-state index in [1.807, 2.05) is 0 Å². The molecule has 1 aromatic carbocycles. The van der Waals surface area contributed by atoms with Crippen molar-refractivity contribution < 1.29 is 65.8 Å². The maximum Gasteiger partial charge on any atom is 0.490 e. The molecule has 0 bridgehead atoms. The first-order valence-corrected chi connectivity index (χ1v) is 15.7. The van der Waals surface area contributed by atoms with E-state index >= 15 is 0 Å². The predicted molar refractivity (Wildman–Crippen MR) is 132 cm³/mol. The smallest absolute Gasteiger partial charge is 0.439 e. The fourth-order valence-corrected chi connectivity index (χ4v) is 6.72. The molecule has 3 aromatic rings. The van der Waals surface area contributed by atoms with Crippen LogP contribution in [0.5, 0.6) is 0 Å². The van der Waals surface area contributed by atoms with E-state index in [1.54, 1.807) is 30.3 Å². The fraction of sp³-hybridized carbons (Fsp3) is 0.316. The van der Waals surface area contributed by atoms with Crippen LogP contribution in [0, 0.1) is 0 Å². The Morgan fingerprint density at radius 1 is 0.927 bits per heavy atom. The van der Waals surface area contributed by atoms with E-state index in [0.717, 1.165) is 21.4 Å². The molecule has 22 heteroatoms. The van der Waals surface area contributed by atoms with Gasteiger partial charge in [-0.05, 0) is 12.1 Å². The van der Waals surface area contributed by atoms with E-state index in [0.29, 0.717) is 5.56 Å². The molecule has 0 amide bonds. The summed E-state index contributed by atoms with van der Waals surface area (Å²) in [5.74, 6) is 0.379. The lowest BCUT2D eigenvalue weighted by atomic mass is 10.1. The summed E-state index contributed by atoms with van der Waals surface area (Å²) in [7, 11) is -17.0. The summed E-state index contributed by atoms with van der Waals surface area (Å²) in [6, 6.07) is 9.76. The summed E-state index contributed by atoms with van der Waals surface area (Å²) >= 11 is 0. The maximum absolute atomic E-state index is 13.1. The van der Waals surface area contributed by atoms with Crippen molar-refractivity contribution in [3.05, 3.63) is 75.4 Å². The molecule has 6 atom stereocenters. The van der Waals surface area contributed by atoms with Crippen molar-refractivity contribution in [3.63, 3.8) is 0 Å². The van der Waals surface area contributed by atoms with Crippen LogP contribution in [-0.4, -0.2) is 68.8 Å². The number of rotatable bonds is 11. The summed E-state index contributed by atoms with van der Waals surface area (Å²) in [5.41, 5.74) is -1.10. The van der Waals surface area contributed by atoms with Crippen molar-refractivity contribution in [2.75, 3.05) is 6.61 Å². The largest absolute Gasteiger partial charge is 0.490 e. The molecule has 1 saturated heterocycles. The predicted octanol–water partition coefficient (Wildman–Crippen LogP) is -0.324. The first kappa shape index (κ1) is 31.3. The molecular formula is C19H22N3O16P3. The van der Waals surface area contributed by atoms with Crippen molar-refractivity contribution in [2.24, 2.45) is 0 Å². The summed E-state index contributed by atoms with van der Waals surface area (Å²) in [5, 5.41) is 20.8. The summed E-state index contributed by atoms with van der Waals surface area (Å²) in [4.78, 5) is 65.7. The zero-order valence-corrected chi connectivity index (χ0v) is 23.0. The number of hydrogen-bond acceptors (Lipinski definition) is 13. The minimum Gasteiger partial charge on any atom is -0.439 e. The third-order valence-corrected chi connectivity index (χ3v) is 9.22. The molecule has 41 heavy (non-hydrogen) atoms. The zero-order valence-electron chi connectivity index (χ0n) is 20.3. The topological polar surface area (TPSA) is 280 Å². The van der Waals surface area contributed by atoms with E-state index in [1.165, 1.54) is 6.20 Å². The second-order valence-corrected chi connectivity index (χ2v) is 12.8. The van der Waals surface area contributed by atoms with Gasteiger partial charge in [-0.3, -0.25) is 18.5 Å². The molecule has 4 rings (SSSR count). The third kappa shape index (κ3) is 7.82. The Morgan fingerprint density at radius 3 is 2.27 bits per heavy atom. The van der Waals surface area contributed by atoms with Gasteiger partial charge in [-0.2, -0.15) is 8.62 Å². The molecule has 1 aliphatic rings. The van der Waals surface area contributed by atoms with E-state index < -0.39 is 65.9 Å². The Hall–Kier alpha value is -2.60. The maximum atomic E-state index is 13.1. The standard InChI is InChI=1S/C19H22N3O16P3/c23-14-6-7-21(19(26)22(14)9-12-8-20-17(35-12)11-4-2-1-3-5-11)18-16(25)15(24)13(36-18)10-34-40(30,31)38-41(32,33)37-39(27,28)29/h1-8,13,15-16,18,24-25H,9-10H2,(H,30,31)(H,32,33)(H2,27,28,29)/t13-,15?,16+,18-/m1/s1. The molecule has 0 aliphatic carbocycles. The van der Waals surface area contributed by atoms with Crippen LogP contribution in [0.3, 0.4) is 0 Å². The Bertz CT molecular complexity index is 1650. The van der Waals surface area contributed by atoms with E-state index in [9.17, 15) is 43.3 Å². The van der Waals surface area contributed by atoms with Gasteiger partial charge in [0.25, 0.3) is 5.56 Å². The van der Waals surface area contributed by atoms with Crippen LogP contribution in [0.4, 0.5) is 0 Å². The summed E-state index contributed by atoms with van der Waals surface area (Å²) in [6.07, 6.45) is -4.70. The third-order valence-electron chi connectivity index (χ3n) is 5.41. The van der Waals surface area contributed by atoms with Crippen LogP contribution in [0.15, 0.2) is 62.8 Å². The number of phosphoric ester groups is 1. The Labute approximate surface area is 228 Å². The molecule has 0 saturated carbocycles. The highest BCUT2D eigenvalue weighted by atomic mass is 31.3. The highest BCUT2D eigenvalue weighted by molar-refractivity contribution is 7.66. The first-order chi connectivity index (χ1) is 19.1. The highest BCUT2D eigenvalue weighted by Gasteiger charge is 2.47. The van der Waals surface area contributed by atoms with Crippen molar-refractivity contribution in [3.8, 4) is 11.5 Å². The van der Waals surface area contributed by atoms with Crippen molar-refractivity contribution in [1.29, 1.82) is 0 Å². The number of benzene rings is 1. The number of aromatic nitrogens is 3. The van der Waals surface area contributed by atoms with E-state index in [-0.39, 0.29) is 18.2 Å². The van der Waals surface area contributed by atoms with Gasteiger partial charge in [0.2, 0.25) is 5.89 Å². The molecule has 1 aliphatic heterocycles. The SMILES string of the molecule is O=c1ccn([C@@H]2O[C@H](COP(=O)(O)OP(=O)(O)OP(=O)(O)O)C(O)[C@@H]2O)c(=O)n1Cc1cnc(-c2ccccc2)o1. The van der Waals surface area contributed by atoms with Crippen LogP contribution in [0.25, 0.3) is 11.5 Å². The van der Waals surface area contributed by atoms with Gasteiger partial charge >= 0.3 is 29.2 Å². The monoisotopic (exact) mass is 641 g/mol. The Balaban J connectivity index is 1.48. The van der Waals surface area contributed by atoms with Gasteiger partial charge in [-0.15, -0.1) is 0 Å². The quantitative estimate of drug-likeness (QED) is 0.146. The lowest BCUT2D eigenvalue weighted by Crippen LogP contribution is -2.43. The number of aliphatic hydroxyl groups is 2. The lowest BCUT2D eigenvalue weighted by Gasteiger charge is -2.19. The van der Waals surface area contributed by atoms with Gasteiger partial charge in [-0.1, -0.05) is 18.2 Å². The molecule has 3 unspecified atom stereocenters. The van der Waals surface area contributed by atoms with Crippen LogP contribution in [0.1, 0.15) is 12.0 Å². The van der Waals surface area contributed by atoms with Crippen molar-refractivity contribution in [2.45, 2.75) is 31.1 Å². The molecule has 0 radical (unpaired) electrons. The van der Waals surface area contributed by atoms with E-state index in [2.05, 4.69) is 18.1 Å². The van der Waals surface area contributed by atoms with Crippen LogP contribution < -0.4 is 11.2 Å². The summed E-state index contributed by atoms with van der Waals surface area (Å²) < 4.78 is 58.2. The number of phosphoric acid groups is 3. The first-order valence-electron chi connectivity index (χ1n) is 11.2. The molecule has 3 heterocycles. The minimum atomic E-state index is -5.79. The molecular weight excluding hydrogens is 619 g/mol.